The van der Waals surface area contributed by atoms with Gasteiger partial charge < -0.3 is 20.5 Å². The number of benzene rings is 1. The van der Waals surface area contributed by atoms with E-state index >= 15 is 0 Å². The van der Waals surface area contributed by atoms with E-state index < -0.39 is 0 Å². The number of nitrogens with zero attached hydrogens (tertiary/aromatic N) is 2. The molecule has 0 spiro atoms. The van der Waals surface area contributed by atoms with Crippen LogP contribution < -0.4 is 15.8 Å². The summed E-state index contributed by atoms with van der Waals surface area (Å²) in [5.74, 6) is 0.756. The van der Waals surface area contributed by atoms with Gasteiger partial charge in [0.25, 0.3) is 5.91 Å². The van der Waals surface area contributed by atoms with Crippen LogP contribution in [0.25, 0.3) is 10.8 Å². The maximum atomic E-state index is 12.4. The van der Waals surface area contributed by atoms with Crippen molar-refractivity contribution in [1.29, 1.82) is 0 Å². The number of nitrogens with two attached hydrogens (primary N) is 1. The minimum atomic E-state index is -0.345. The number of rotatable bonds is 5. The van der Waals surface area contributed by atoms with Crippen molar-refractivity contribution in [3.63, 3.8) is 0 Å². The molecule has 0 aliphatic carbocycles. The summed E-state index contributed by atoms with van der Waals surface area (Å²) < 4.78 is 11.4. The first-order chi connectivity index (χ1) is 13.7. The number of aromatic nitrogens is 2. The van der Waals surface area contributed by atoms with E-state index in [1.807, 2.05) is 24.3 Å². The van der Waals surface area contributed by atoms with Gasteiger partial charge in [-0.3, -0.25) is 4.79 Å². The molecule has 28 heavy (non-hydrogen) atoms. The zero-order valence-electron chi connectivity index (χ0n) is 15.4. The fourth-order valence-corrected chi connectivity index (χ4v) is 3.25. The molecule has 3 aromatic rings. The third kappa shape index (κ3) is 4.04. The fraction of sp³-hybridized carbons (Fsp3) is 0.286. The number of fused-ring (bicyclic) bond motifs is 1. The van der Waals surface area contributed by atoms with Gasteiger partial charge in [0.1, 0.15) is 0 Å². The topological polar surface area (TPSA) is 99.4 Å². The molecule has 7 nitrogen and oxygen atoms in total. The molecule has 0 bridgehead atoms. The van der Waals surface area contributed by atoms with Gasteiger partial charge in [-0.25, -0.2) is 9.97 Å². The zero-order valence-corrected chi connectivity index (χ0v) is 15.4. The maximum absolute atomic E-state index is 12.4. The molecular weight excluding hydrogens is 356 g/mol. The number of hydrogen-bond acceptors (Lipinski definition) is 6. The van der Waals surface area contributed by atoms with Crippen LogP contribution in [0.5, 0.6) is 5.88 Å². The molecule has 0 radical (unpaired) electrons. The van der Waals surface area contributed by atoms with Crippen molar-refractivity contribution in [2.24, 2.45) is 5.92 Å². The molecule has 4 rings (SSSR count). The largest absolute Gasteiger partial charge is 0.477 e. The van der Waals surface area contributed by atoms with E-state index in [-0.39, 0.29) is 11.6 Å². The molecule has 7 heteroatoms. The van der Waals surface area contributed by atoms with E-state index in [0.29, 0.717) is 29.8 Å². The number of ether oxygens (including phenoxy) is 2. The highest BCUT2D eigenvalue weighted by molar-refractivity contribution is 6.07. The van der Waals surface area contributed by atoms with E-state index in [4.69, 9.17) is 15.2 Å². The lowest BCUT2D eigenvalue weighted by atomic mass is 10.0. The van der Waals surface area contributed by atoms with Crippen LogP contribution >= 0.6 is 0 Å². The number of carbonyl (C=O) groups excluding carboxylic acids is 1. The van der Waals surface area contributed by atoms with Gasteiger partial charge in [-0.05, 0) is 60.5 Å². The lowest BCUT2D eigenvalue weighted by Crippen LogP contribution is -2.21. The van der Waals surface area contributed by atoms with Crippen molar-refractivity contribution < 1.29 is 14.3 Å². The Kier molecular flexibility index (Phi) is 5.34. The second kappa shape index (κ2) is 8.22. The van der Waals surface area contributed by atoms with Crippen molar-refractivity contribution in [3.05, 3.63) is 54.5 Å². The highest BCUT2D eigenvalue weighted by Crippen LogP contribution is 2.27. The Hall–Kier alpha value is -3.19. The molecule has 0 unspecified atom stereocenters. The number of amides is 1. The van der Waals surface area contributed by atoms with Gasteiger partial charge in [-0.2, -0.15) is 0 Å². The first-order valence-electron chi connectivity index (χ1n) is 9.32. The Morgan fingerprint density at radius 1 is 1.18 bits per heavy atom. The monoisotopic (exact) mass is 378 g/mol. The van der Waals surface area contributed by atoms with Gasteiger partial charge in [0.05, 0.1) is 12.3 Å². The Morgan fingerprint density at radius 2 is 2.04 bits per heavy atom. The molecule has 1 aliphatic rings. The van der Waals surface area contributed by atoms with E-state index in [9.17, 15) is 4.79 Å². The molecule has 144 valence electrons. The van der Waals surface area contributed by atoms with Crippen LogP contribution in [-0.2, 0) is 4.74 Å². The molecule has 3 heterocycles. The summed E-state index contributed by atoms with van der Waals surface area (Å²) >= 11 is 0. The number of anilines is 2. The molecular formula is C21H22N4O3. The minimum absolute atomic E-state index is 0.206. The molecule has 1 saturated heterocycles. The van der Waals surface area contributed by atoms with Crippen LogP contribution in [0.4, 0.5) is 11.4 Å². The maximum Gasteiger partial charge on any atom is 0.276 e. The molecule has 1 aromatic carbocycles. The van der Waals surface area contributed by atoms with Gasteiger partial charge in [-0.1, -0.05) is 0 Å². The average molecular weight is 378 g/mol. The summed E-state index contributed by atoms with van der Waals surface area (Å²) in [5.41, 5.74) is 7.03. The van der Waals surface area contributed by atoms with Crippen LogP contribution in [-0.4, -0.2) is 35.7 Å². The van der Waals surface area contributed by atoms with Crippen molar-refractivity contribution in [3.8, 4) is 5.88 Å². The van der Waals surface area contributed by atoms with Gasteiger partial charge in [0.2, 0.25) is 5.88 Å². The highest BCUT2D eigenvalue weighted by atomic mass is 16.5. The Balaban J connectivity index is 1.50. The van der Waals surface area contributed by atoms with Crippen molar-refractivity contribution in [1.82, 2.24) is 9.97 Å². The van der Waals surface area contributed by atoms with Crippen LogP contribution in [0, 0.1) is 5.92 Å². The third-order valence-electron chi connectivity index (χ3n) is 4.84. The molecule has 1 amide bonds. The normalized spacial score (nSPS) is 14.7. The summed E-state index contributed by atoms with van der Waals surface area (Å²) in [6.45, 7) is 2.22. The summed E-state index contributed by atoms with van der Waals surface area (Å²) in [5, 5.41) is 4.68. The van der Waals surface area contributed by atoms with E-state index in [0.717, 1.165) is 36.8 Å². The number of carbonyl (C=O) groups is 1. The number of hydrogen-bond donors (Lipinski definition) is 2. The first-order valence-corrected chi connectivity index (χ1v) is 9.32. The Labute approximate surface area is 162 Å². The van der Waals surface area contributed by atoms with Crippen molar-refractivity contribution in [2.75, 3.05) is 30.9 Å². The average Bonchev–Trinajstić information content (AvgIpc) is 2.73. The van der Waals surface area contributed by atoms with Gasteiger partial charge >= 0.3 is 0 Å². The van der Waals surface area contributed by atoms with E-state index in [2.05, 4.69) is 15.3 Å². The van der Waals surface area contributed by atoms with Crippen LogP contribution in [0.1, 0.15) is 23.3 Å². The SMILES string of the molecule is Nc1cccnc1C(=O)Nc1ccc2c(OCC3CCOCC3)nccc2c1. The third-order valence-corrected chi connectivity index (χ3v) is 4.84. The summed E-state index contributed by atoms with van der Waals surface area (Å²) in [6.07, 6.45) is 5.28. The second-order valence-corrected chi connectivity index (χ2v) is 6.81. The number of nitrogen functional groups attached to an aromatic ring is 1. The summed E-state index contributed by atoms with van der Waals surface area (Å²) in [7, 11) is 0. The van der Waals surface area contributed by atoms with Gasteiger partial charge in [0, 0.05) is 36.7 Å². The fourth-order valence-electron chi connectivity index (χ4n) is 3.25. The predicted molar refractivity (Wildman–Crippen MR) is 107 cm³/mol. The van der Waals surface area contributed by atoms with Crippen LogP contribution in [0.2, 0.25) is 0 Å². The summed E-state index contributed by atoms with van der Waals surface area (Å²) in [4.78, 5) is 20.8. The van der Waals surface area contributed by atoms with E-state index in [1.165, 1.54) is 0 Å². The Bertz CT molecular complexity index is 986. The minimum Gasteiger partial charge on any atom is -0.477 e. The lowest BCUT2D eigenvalue weighted by molar-refractivity contribution is 0.0493. The standard InChI is InChI=1S/C21H22N4O3/c22-18-2-1-8-23-19(18)20(26)25-16-3-4-17-15(12-16)5-9-24-21(17)28-13-14-6-10-27-11-7-14/h1-5,8-9,12,14H,6-7,10-11,13,22H2,(H,25,26). The molecule has 1 aliphatic heterocycles. The zero-order chi connectivity index (χ0) is 19.3. The smallest absolute Gasteiger partial charge is 0.276 e. The highest BCUT2D eigenvalue weighted by Gasteiger charge is 2.16. The molecule has 0 saturated carbocycles. The number of pyridine rings is 2. The molecule has 0 atom stereocenters. The molecule has 2 aromatic heterocycles. The first kappa shape index (κ1) is 18.2. The number of nitrogens with one attached hydrogen (secondary N) is 1. The van der Waals surface area contributed by atoms with Crippen LogP contribution in [0.3, 0.4) is 0 Å². The predicted octanol–water partition coefficient (Wildman–Crippen LogP) is 3.27. The quantitative estimate of drug-likeness (QED) is 0.707. The van der Waals surface area contributed by atoms with Gasteiger partial charge in [-0.15, -0.1) is 0 Å². The summed E-state index contributed by atoms with van der Waals surface area (Å²) in [6, 6.07) is 10.8. The lowest BCUT2D eigenvalue weighted by Gasteiger charge is -2.22. The molecule has 3 N–H and O–H groups in total. The van der Waals surface area contributed by atoms with Crippen molar-refractivity contribution in [2.45, 2.75) is 12.8 Å². The van der Waals surface area contributed by atoms with Gasteiger partial charge in [0.15, 0.2) is 5.69 Å². The molecule has 1 fully saturated rings. The van der Waals surface area contributed by atoms with E-state index in [1.54, 1.807) is 24.5 Å². The Morgan fingerprint density at radius 3 is 2.86 bits per heavy atom. The second-order valence-electron chi connectivity index (χ2n) is 6.81. The van der Waals surface area contributed by atoms with Crippen LogP contribution in [0.15, 0.2) is 48.8 Å². The van der Waals surface area contributed by atoms with Crippen molar-refractivity contribution >= 4 is 28.1 Å².